The van der Waals surface area contributed by atoms with Gasteiger partial charge in [-0.3, -0.25) is 9.80 Å². The van der Waals surface area contributed by atoms with Gasteiger partial charge in [0.1, 0.15) is 11.5 Å². The van der Waals surface area contributed by atoms with Crippen LogP contribution in [0.2, 0.25) is 0 Å². The van der Waals surface area contributed by atoms with Crippen LogP contribution in [0.3, 0.4) is 0 Å². The predicted molar refractivity (Wildman–Crippen MR) is 104 cm³/mol. The third-order valence-electron chi connectivity index (χ3n) is 5.31. The zero-order valence-electron chi connectivity index (χ0n) is 16.6. The van der Waals surface area contributed by atoms with Crippen molar-refractivity contribution in [1.82, 2.24) is 9.80 Å². The first-order chi connectivity index (χ1) is 13.4. The van der Waals surface area contributed by atoms with Gasteiger partial charge in [0.2, 0.25) is 0 Å². The number of carboxylic acids is 2. The van der Waals surface area contributed by atoms with Crippen LogP contribution in [0.15, 0.2) is 18.2 Å². The molecule has 8 nitrogen and oxygen atoms in total. The van der Waals surface area contributed by atoms with E-state index in [9.17, 15) is 0 Å². The molecule has 1 aliphatic carbocycles. The normalized spacial score (nSPS) is 18.2. The molecule has 2 N–H and O–H groups in total. The van der Waals surface area contributed by atoms with E-state index >= 15 is 0 Å². The highest BCUT2D eigenvalue weighted by Gasteiger charge is 2.26. The summed E-state index contributed by atoms with van der Waals surface area (Å²) in [7, 11) is 3.45. The maximum absolute atomic E-state index is 9.10. The number of aliphatic carboxylic acids is 2. The van der Waals surface area contributed by atoms with E-state index in [2.05, 4.69) is 15.9 Å². The van der Waals surface area contributed by atoms with Gasteiger partial charge in [-0.1, -0.05) is 12.8 Å². The topological polar surface area (TPSA) is 99.5 Å². The van der Waals surface area contributed by atoms with Gasteiger partial charge >= 0.3 is 11.9 Å². The van der Waals surface area contributed by atoms with Crippen molar-refractivity contribution in [1.29, 1.82) is 0 Å². The molecule has 1 aliphatic heterocycles. The van der Waals surface area contributed by atoms with Crippen molar-refractivity contribution in [3.05, 3.63) is 23.8 Å². The van der Waals surface area contributed by atoms with Gasteiger partial charge in [0.15, 0.2) is 0 Å². The minimum absolute atomic E-state index is 0.855. The molecule has 0 amide bonds. The van der Waals surface area contributed by atoms with Crippen LogP contribution in [0, 0.1) is 0 Å². The Hall–Kier alpha value is -2.32. The smallest absolute Gasteiger partial charge is 0.414 e. The van der Waals surface area contributed by atoms with Crippen molar-refractivity contribution in [2.24, 2.45) is 0 Å². The average Bonchev–Trinajstić information content (AvgIpc) is 3.23. The molecule has 0 bridgehead atoms. The van der Waals surface area contributed by atoms with Crippen molar-refractivity contribution < 1.29 is 29.3 Å². The minimum Gasteiger partial charge on any atom is -0.497 e. The van der Waals surface area contributed by atoms with Gasteiger partial charge in [-0.05, 0) is 31.0 Å². The Bertz CT molecular complexity index is 640. The summed E-state index contributed by atoms with van der Waals surface area (Å²) < 4.78 is 10.8. The van der Waals surface area contributed by atoms with Gasteiger partial charge in [-0.15, -0.1) is 0 Å². The molecule has 1 heterocycles. The molecule has 3 rings (SSSR count). The molecule has 1 aromatic carbocycles. The van der Waals surface area contributed by atoms with Crippen molar-refractivity contribution >= 4 is 11.9 Å². The number of hydrogen-bond donors (Lipinski definition) is 2. The lowest BCUT2D eigenvalue weighted by molar-refractivity contribution is -0.159. The van der Waals surface area contributed by atoms with Gasteiger partial charge in [0.05, 0.1) is 14.2 Å². The summed E-state index contributed by atoms with van der Waals surface area (Å²) in [4.78, 5) is 23.4. The fourth-order valence-corrected chi connectivity index (χ4v) is 3.80. The summed E-state index contributed by atoms with van der Waals surface area (Å²) >= 11 is 0. The van der Waals surface area contributed by atoms with Crippen LogP contribution in [0.4, 0.5) is 0 Å². The summed E-state index contributed by atoms with van der Waals surface area (Å²) in [5.74, 6) is -1.79. The second kappa shape index (κ2) is 10.9. The standard InChI is InChI=1S/C18H28N2O2.C2H2O4/c1-21-17-7-8-18(22-2)15(13-17)14-19-9-11-20(12-10-19)16-5-3-4-6-16;3-1(4)2(5)6/h7-8,13,16H,3-6,9-12,14H2,1-2H3;(H,3,4)(H,5,6). The van der Waals surface area contributed by atoms with E-state index in [0.29, 0.717) is 0 Å². The van der Waals surface area contributed by atoms with E-state index in [1.807, 2.05) is 12.1 Å². The average molecular weight is 394 g/mol. The Balaban J connectivity index is 0.000000409. The molecular weight excluding hydrogens is 364 g/mol. The number of nitrogens with zero attached hydrogens (tertiary/aromatic N) is 2. The zero-order valence-corrected chi connectivity index (χ0v) is 16.6. The number of benzene rings is 1. The Morgan fingerprint density at radius 1 is 1.00 bits per heavy atom. The SMILES string of the molecule is COc1ccc(OC)c(CN2CCN(C3CCCC3)CC2)c1.O=C(O)C(=O)O. The zero-order chi connectivity index (χ0) is 20.5. The fourth-order valence-electron chi connectivity index (χ4n) is 3.80. The van der Waals surface area contributed by atoms with Crippen LogP contribution in [0.1, 0.15) is 31.2 Å². The molecule has 1 saturated carbocycles. The molecule has 2 fully saturated rings. The number of piperazine rings is 1. The van der Waals surface area contributed by atoms with Gasteiger partial charge in [0, 0.05) is 44.3 Å². The van der Waals surface area contributed by atoms with Crippen molar-refractivity contribution in [2.45, 2.75) is 38.3 Å². The monoisotopic (exact) mass is 394 g/mol. The van der Waals surface area contributed by atoms with Crippen molar-refractivity contribution in [3.8, 4) is 11.5 Å². The Morgan fingerprint density at radius 3 is 2.11 bits per heavy atom. The Kier molecular flexibility index (Phi) is 8.53. The van der Waals surface area contributed by atoms with Crippen LogP contribution in [-0.4, -0.2) is 78.4 Å². The summed E-state index contributed by atoms with van der Waals surface area (Å²) in [6.45, 7) is 5.65. The molecule has 1 saturated heterocycles. The lowest BCUT2D eigenvalue weighted by Crippen LogP contribution is -2.49. The fraction of sp³-hybridized carbons (Fsp3) is 0.600. The molecule has 0 spiro atoms. The molecule has 2 aliphatic rings. The number of ether oxygens (including phenoxy) is 2. The number of carboxylic acid groups (broad SMARTS) is 2. The molecule has 8 heteroatoms. The van der Waals surface area contributed by atoms with Crippen molar-refractivity contribution in [2.75, 3.05) is 40.4 Å². The molecule has 0 atom stereocenters. The minimum atomic E-state index is -1.82. The first-order valence-corrected chi connectivity index (χ1v) is 9.58. The Morgan fingerprint density at radius 2 is 1.61 bits per heavy atom. The first-order valence-electron chi connectivity index (χ1n) is 9.58. The number of rotatable bonds is 5. The van der Waals surface area contributed by atoms with E-state index in [4.69, 9.17) is 29.3 Å². The van der Waals surface area contributed by atoms with Gasteiger partial charge in [0.25, 0.3) is 0 Å². The third-order valence-corrected chi connectivity index (χ3v) is 5.31. The second-order valence-corrected chi connectivity index (χ2v) is 7.04. The largest absolute Gasteiger partial charge is 0.497 e. The van der Waals surface area contributed by atoms with E-state index in [0.717, 1.165) is 37.2 Å². The number of hydrogen-bond acceptors (Lipinski definition) is 6. The van der Waals surface area contributed by atoms with E-state index in [1.54, 1.807) is 14.2 Å². The predicted octanol–water partition coefficient (Wildman–Crippen LogP) is 1.92. The molecule has 1 aromatic rings. The molecular formula is C20H30N2O6. The third kappa shape index (κ3) is 6.38. The first kappa shape index (κ1) is 22.0. The highest BCUT2D eigenvalue weighted by Crippen LogP contribution is 2.27. The van der Waals surface area contributed by atoms with E-state index in [-0.39, 0.29) is 0 Å². The van der Waals surface area contributed by atoms with Crippen LogP contribution < -0.4 is 9.47 Å². The Labute approximate surface area is 165 Å². The maximum atomic E-state index is 9.10. The van der Waals surface area contributed by atoms with E-state index in [1.165, 1.54) is 44.3 Å². The molecule has 28 heavy (non-hydrogen) atoms. The molecule has 0 radical (unpaired) electrons. The highest BCUT2D eigenvalue weighted by atomic mass is 16.5. The van der Waals surface area contributed by atoms with Crippen LogP contribution in [0.5, 0.6) is 11.5 Å². The maximum Gasteiger partial charge on any atom is 0.414 e. The molecule has 0 aromatic heterocycles. The van der Waals surface area contributed by atoms with Crippen molar-refractivity contribution in [3.63, 3.8) is 0 Å². The van der Waals surface area contributed by atoms with Crippen LogP contribution in [-0.2, 0) is 16.1 Å². The van der Waals surface area contributed by atoms with Gasteiger partial charge in [-0.25, -0.2) is 9.59 Å². The molecule has 156 valence electrons. The van der Waals surface area contributed by atoms with Crippen LogP contribution >= 0.6 is 0 Å². The molecule has 0 unspecified atom stereocenters. The second-order valence-electron chi connectivity index (χ2n) is 7.04. The summed E-state index contributed by atoms with van der Waals surface area (Å²) in [6.07, 6.45) is 5.66. The van der Waals surface area contributed by atoms with Gasteiger partial charge < -0.3 is 19.7 Å². The van der Waals surface area contributed by atoms with Crippen LogP contribution in [0.25, 0.3) is 0 Å². The summed E-state index contributed by atoms with van der Waals surface area (Å²) in [6, 6.07) is 6.92. The lowest BCUT2D eigenvalue weighted by atomic mass is 10.1. The van der Waals surface area contributed by atoms with E-state index < -0.39 is 11.9 Å². The van der Waals surface area contributed by atoms with Gasteiger partial charge in [-0.2, -0.15) is 0 Å². The highest BCUT2D eigenvalue weighted by molar-refractivity contribution is 6.27. The summed E-state index contributed by atoms with van der Waals surface area (Å²) in [5, 5.41) is 14.8. The number of methoxy groups -OCH3 is 2. The quantitative estimate of drug-likeness (QED) is 0.731. The number of carbonyl (C=O) groups is 2. The lowest BCUT2D eigenvalue weighted by Gasteiger charge is -2.38. The summed E-state index contributed by atoms with van der Waals surface area (Å²) in [5.41, 5.74) is 1.22.